The number of rotatable bonds is 5. The third-order valence-corrected chi connectivity index (χ3v) is 5.71. The average Bonchev–Trinajstić information content (AvgIpc) is 3.44. The van der Waals surface area contributed by atoms with Crippen molar-refractivity contribution in [2.24, 2.45) is 5.92 Å². The fourth-order valence-electron chi connectivity index (χ4n) is 3.26. The van der Waals surface area contributed by atoms with E-state index in [4.69, 9.17) is 0 Å². The number of carbonyl (C=O) groups excluding carboxylic acids is 1. The third-order valence-electron chi connectivity index (χ3n) is 4.73. The summed E-state index contributed by atoms with van der Waals surface area (Å²) >= 11 is 1.81. The van der Waals surface area contributed by atoms with Crippen LogP contribution in [0.5, 0.6) is 0 Å². The topological polar surface area (TPSA) is 20.3 Å². The lowest BCUT2D eigenvalue weighted by atomic mass is 10.1. The molecule has 2 aliphatic carbocycles. The van der Waals surface area contributed by atoms with E-state index in [0.717, 1.165) is 13.0 Å². The minimum absolute atomic E-state index is 0.212. The summed E-state index contributed by atoms with van der Waals surface area (Å²) in [6.07, 6.45) is 3.38. The molecule has 2 aromatic rings. The van der Waals surface area contributed by atoms with Crippen LogP contribution in [0.25, 0.3) is 0 Å². The predicted octanol–water partition coefficient (Wildman–Crippen LogP) is 4.35. The fourth-order valence-corrected chi connectivity index (χ4v) is 4.15. The standard InChI is InChI=1S/C19H21NOS/c1-13-7-10-16(22-13)12-20(15-8-9-15)19(21)18-11-17(18)14-5-3-2-4-6-14/h2-7,10,15,17-18H,8-9,11-12H2,1H3/t17-,18+/m0/s1. The van der Waals surface area contributed by atoms with Gasteiger partial charge in [0, 0.05) is 21.7 Å². The smallest absolute Gasteiger partial charge is 0.226 e. The van der Waals surface area contributed by atoms with Crippen LogP contribution in [0.4, 0.5) is 0 Å². The van der Waals surface area contributed by atoms with Crippen LogP contribution in [0.15, 0.2) is 42.5 Å². The number of benzene rings is 1. The van der Waals surface area contributed by atoms with Crippen LogP contribution in [0.3, 0.4) is 0 Å². The summed E-state index contributed by atoms with van der Waals surface area (Å²) in [4.78, 5) is 17.7. The third kappa shape index (κ3) is 2.82. The Balaban J connectivity index is 1.46. The number of carbonyl (C=O) groups is 1. The minimum Gasteiger partial charge on any atom is -0.334 e. The largest absolute Gasteiger partial charge is 0.334 e. The predicted molar refractivity (Wildman–Crippen MR) is 89.9 cm³/mol. The minimum atomic E-state index is 0.212. The molecular formula is C19H21NOS. The number of nitrogens with zero attached hydrogens (tertiary/aromatic N) is 1. The Bertz CT molecular complexity index is 674. The Kier molecular flexibility index (Phi) is 3.53. The van der Waals surface area contributed by atoms with Gasteiger partial charge in [-0.3, -0.25) is 4.79 Å². The highest BCUT2D eigenvalue weighted by atomic mass is 32.1. The molecule has 2 atom stereocenters. The maximum atomic E-state index is 12.9. The maximum absolute atomic E-state index is 12.9. The van der Waals surface area contributed by atoms with Crippen LogP contribution >= 0.6 is 11.3 Å². The van der Waals surface area contributed by atoms with E-state index in [9.17, 15) is 4.79 Å². The van der Waals surface area contributed by atoms with Gasteiger partial charge in [-0.05, 0) is 49.8 Å². The number of hydrogen-bond acceptors (Lipinski definition) is 2. The van der Waals surface area contributed by atoms with Gasteiger partial charge in [0.2, 0.25) is 5.91 Å². The van der Waals surface area contributed by atoms with E-state index in [1.54, 1.807) is 0 Å². The number of amides is 1. The summed E-state index contributed by atoms with van der Waals surface area (Å²) in [6.45, 7) is 2.93. The highest BCUT2D eigenvalue weighted by Gasteiger charge is 2.48. The molecule has 2 nitrogen and oxygen atoms in total. The molecule has 4 rings (SSSR count). The lowest BCUT2D eigenvalue weighted by Crippen LogP contribution is -2.33. The molecule has 3 heteroatoms. The van der Waals surface area contributed by atoms with Gasteiger partial charge in [0.1, 0.15) is 0 Å². The average molecular weight is 311 g/mol. The van der Waals surface area contributed by atoms with E-state index in [0.29, 0.717) is 17.9 Å². The van der Waals surface area contributed by atoms with Crippen LogP contribution in [0.1, 0.15) is 40.5 Å². The highest BCUT2D eigenvalue weighted by molar-refractivity contribution is 7.11. The molecule has 2 aliphatic rings. The van der Waals surface area contributed by atoms with Crippen LogP contribution in [-0.4, -0.2) is 16.8 Å². The first kappa shape index (κ1) is 14.0. The number of aryl methyl sites for hydroxylation is 1. The van der Waals surface area contributed by atoms with Crippen LogP contribution in [-0.2, 0) is 11.3 Å². The zero-order valence-electron chi connectivity index (χ0n) is 12.9. The molecule has 2 saturated carbocycles. The maximum Gasteiger partial charge on any atom is 0.226 e. The number of thiophene rings is 1. The van der Waals surface area contributed by atoms with E-state index in [1.807, 2.05) is 17.4 Å². The Labute approximate surface area is 135 Å². The van der Waals surface area contributed by atoms with Gasteiger partial charge in [-0.25, -0.2) is 0 Å². The van der Waals surface area contributed by atoms with Gasteiger partial charge in [0.15, 0.2) is 0 Å². The molecule has 0 saturated heterocycles. The lowest BCUT2D eigenvalue weighted by molar-refractivity contribution is -0.133. The molecule has 2 fully saturated rings. The zero-order valence-corrected chi connectivity index (χ0v) is 13.7. The molecule has 1 aromatic heterocycles. The molecule has 0 aliphatic heterocycles. The van der Waals surface area contributed by atoms with E-state index in [2.05, 4.69) is 48.2 Å². The molecule has 1 amide bonds. The quantitative estimate of drug-likeness (QED) is 0.804. The molecule has 114 valence electrons. The first-order chi connectivity index (χ1) is 10.7. The summed E-state index contributed by atoms with van der Waals surface area (Å²) in [5.41, 5.74) is 1.32. The van der Waals surface area contributed by atoms with Crippen molar-refractivity contribution in [2.75, 3.05) is 0 Å². The normalized spacial score (nSPS) is 23.3. The van der Waals surface area contributed by atoms with Crippen molar-refractivity contribution >= 4 is 17.2 Å². The van der Waals surface area contributed by atoms with Gasteiger partial charge in [-0.1, -0.05) is 30.3 Å². The molecule has 0 bridgehead atoms. The molecular weight excluding hydrogens is 290 g/mol. The van der Waals surface area contributed by atoms with Crippen LogP contribution in [0, 0.1) is 12.8 Å². The van der Waals surface area contributed by atoms with Crippen molar-refractivity contribution < 1.29 is 4.79 Å². The summed E-state index contributed by atoms with van der Waals surface area (Å²) in [7, 11) is 0. The fraction of sp³-hybridized carbons (Fsp3) is 0.421. The van der Waals surface area contributed by atoms with E-state index in [1.165, 1.54) is 28.2 Å². The Hall–Kier alpha value is -1.61. The second-order valence-corrected chi connectivity index (χ2v) is 7.94. The SMILES string of the molecule is Cc1ccc(CN(C(=O)[C@@H]2C[C@H]2c2ccccc2)C2CC2)s1. The Morgan fingerprint density at radius 2 is 1.95 bits per heavy atom. The van der Waals surface area contributed by atoms with Crippen molar-refractivity contribution in [3.05, 3.63) is 57.8 Å². The monoisotopic (exact) mass is 311 g/mol. The first-order valence-electron chi connectivity index (χ1n) is 8.13. The zero-order chi connectivity index (χ0) is 15.1. The molecule has 0 N–H and O–H groups in total. The molecule has 22 heavy (non-hydrogen) atoms. The molecule has 0 spiro atoms. The summed E-state index contributed by atoms with van der Waals surface area (Å²) in [5, 5.41) is 0. The van der Waals surface area contributed by atoms with Crippen LogP contribution < -0.4 is 0 Å². The summed E-state index contributed by atoms with van der Waals surface area (Å²) in [5.74, 6) is 1.03. The van der Waals surface area contributed by atoms with Gasteiger partial charge in [-0.2, -0.15) is 0 Å². The number of hydrogen-bond donors (Lipinski definition) is 0. The highest BCUT2D eigenvalue weighted by Crippen LogP contribution is 2.49. The van der Waals surface area contributed by atoms with Crippen molar-refractivity contribution in [3.8, 4) is 0 Å². The molecule has 0 radical (unpaired) electrons. The van der Waals surface area contributed by atoms with Gasteiger partial charge < -0.3 is 4.90 Å². The molecule has 0 unspecified atom stereocenters. The van der Waals surface area contributed by atoms with Crippen molar-refractivity contribution in [1.29, 1.82) is 0 Å². The Morgan fingerprint density at radius 3 is 2.59 bits per heavy atom. The Morgan fingerprint density at radius 1 is 1.18 bits per heavy atom. The second kappa shape index (κ2) is 5.54. The lowest BCUT2D eigenvalue weighted by Gasteiger charge is -2.22. The van der Waals surface area contributed by atoms with Crippen molar-refractivity contribution in [1.82, 2.24) is 4.90 Å². The van der Waals surface area contributed by atoms with Gasteiger partial charge in [0.05, 0.1) is 6.54 Å². The van der Waals surface area contributed by atoms with Crippen molar-refractivity contribution in [2.45, 2.75) is 44.7 Å². The van der Waals surface area contributed by atoms with Crippen molar-refractivity contribution in [3.63, 3.8) is 0 Å². The van der Waals surface area contributed by atoms with Gasteiger partial charge in [0.25, 0.3) is 0 Å². The summed E-state index contributed by atoms with van der Waals surface area (Å²) in [6, 6.07) is 15.3. The van der Waals surface area contributed by atoms with Crippen LogP contribution in [0.2, 0.25) is 0 Å². The first-order valence-corrected chi connectivity index (χ1v) is 8.95. The molecule has 1 aromatic carbocycles. The van der Waals surface area contributed by atoms with E-state index >= 15 is 0 Å². The van der Waals surface area contributed by atoms with Gasteiger partial charge in [-0.15, -0.1) is 11.3 Å². The second-order valence-electron chi connectivity index (χ2n) is 6.57. The van der Waals surface area contributed by atoms with E-state index in [-0.39, 0.29) is 5.92 Å². The van der Waals surface area contributed by atoms with E-state index < -0.39 is 0 Å². The summed E-state index contributed by atoms with van der Waals surface area (Å²) < 4.78 is 0. The van der Waals surface area contributed by atoms with Gasteiger partial charge >= 0.3 is 0 Å². The molecule has 1 heterocycles.